The van der Waals surface area contributed by atoms with E-state index in [9.17, 15) is 15.8 Å². The maximum absolute atomic E-state index is 9.33. The predicted molar refractivity (Wildman–Crippen MR) is 180 cm³/mol. The Balaban J connectivity index is 1.33. The molecule has 0 aromatic heterocycles. The molecule has 0 amide bonds. The van der Waals surface area contributed by atoms with Crippen LogP contribution in [0.25, 0.3) is 0 Å². The summed E-state index contributed by atoms with van der Waals surface area (Å²) in [6.45, 7) is 8.81. The third-order valence-electron chi connectivity index (χ3n) is 8.63. The van der Waals surface area contributed by atoms with Gasteiger partial charge in [-0.3, -0.25) is 0 Å². The first kappa shape index (κ1) is 32.1. The average Bonchev–Trinajstić information content (AvgIpc) is 3.09. The first-order chi connectivity index (χ1) is 22.6. The van der Waals surface area contributed by atoms with Crippen LogP contribution in [0.3, 0.4) is 0 Å². The van der Waals surface area contributed by atoms with Gasteiger partial charge in [-0.05, 0) is 88.5 Å². The highest BCUT2D eigenvalue weighted by atomic mass is 16.5. The van der Waals surface area contributed by atoms with Gasteiger partial charge in [-0.25, -0.2) is 0 Å². The Morgan fingerprint density at radius 2 is 0.915 bits per heavy atom. The number of rotatable bonds is 9. The minimum atomic E-state index is -0.295. The van der Waals surface area contributed by atoms with E-state index in [1.54, 1.807) is 36.4 Å². The van der Waals surface area contributed by atoms with E-state index in [4.69, 9.17) is 14.7 Å². The maximum atomic E-state index is 9.33. The summed E-state index contributed by atoms with van der Waals surface area (Å²) in [5, 5.41) is 36.9. The van der Waals surface area contributed by atoms with Crippen molar-refractivity contribution >= 4 is 0 Å². The molecule has 0 aliphatic carbocycles. The van der Waals surface area contributed by atoms with Crippen molar-refractivity contribution in [2.75, 3.05) is 0 Å². The van der Waals surface area contributed by atoms with Gasteiger partial charge in [-0.1, -0.05) is 76.2 Å². The van der Waals surface area contributed by atoms with Crippen LogP contribution in [-0.2, 0) is 17.3 Å². The van der Waals surface area contributed by atoms with Crippen LogP contribution in [-0.4, -0.2) is 0 Å². The maximum Gasteiger partial charge on any atom is 0.128 e. The number of hydrogen-bond acceptors (Lipinski definition) is 6. The van der Waals surface area contributed by atoms with E-state index in [1.165, 1.54) is 11.1 Å². The van der Waals surface area contributed by atoms with Crippen molar-refractivity contribution in [2.45, 2.75) is 44.9 Å². The van der Waals surface area contributed by atoms with Crippen LogP contribution in [0.1, 0.15) is 72.2 Å². The molecule has 5 aromatic carbocycles. The minimum absolute atomic E-state index is 0.146. The summed E-state index contributed by atoms with van der Waals surface area (Å²) in [5.41, 5.74) is 5.75. The van der Waals surface area contributed by atoms with Gasteiger partial charge >= 0.3 is 0 Å². The fourth-order valence-electron chi connectivity index (χ4n) is 5.53. The van der Waals surface area contributed by atoms with Crippen molar-refractivity contribution in [1.29, 1.82) is 21.0 Å². The summed E-state index contributed by atoms with van der Waals surface area (Å²) in [5.74, 6) is 2.39. The fourth-order valence-corrected chi connectivity index (χ4v) is 5.53. The Morgan fingerprint density at radius 1 is 0.468 bits per heavy atom. The van der Waals surface area contributed by atoms with Gasteiger partial charge in [0.15, 0.2) is 0 Å². The zero-order valence-corrected chi connectivity index (χ0v) is 26.7. The molecule has 0 N–H and O–H groups in total. The van der Waals surface area contributed by atoms with Crippen LogP contribution in [0.4, 0.5) is 0 Å². The van der Waals surface area contributed by atoms with Gasteiger partial charge in [0, 0.05) is 10.8 Å². The number of nitrogens with zero attached hydrogens (tertiary/aromatic N) is 4. The van der Waals surface area contributed by atoms with E-state index in [0.29, 0.717) is 39.7 Å². The zero-order valence-electron chi connectivity index (χ0n) is 26.7. The van der Waals surface area contributed by atoms with Crippen molar-refractivity contribution in [1.82, 2.24) is 0 Å². The number of benzene rings is 5. The number of ether oxygens (including phenoxy) is 2. The van der Waals surface area contributed by atoms with Crippen LogP contribution >= 0.6 is 0 Å². The number of nitriles is 4. The summed E-state index contributed by atoms with van der Waals surface area (Å²) in [4.78, 5) is 0. The van der Waals surface area contributed by atoms with Gasteiger partial charge in [0.1, 0.15) is 35.1 Å². The van der Waals surface area contributed by atoms with Crippen LogP contribution in [0.2, 0.25) is 0 Å². The highest BCUT2D eigenvalue weighted by Gasteiger charge is 2.28. The highest BCUT2D eigenvalue weighted by Crippen LogP contribution is 2.38. The number of hydrogen-bond donors (Lipinski definition) is 0. The highest BCUT2D eigenvalue weighted by molar-refractivity contribution is 5.51. The molecule has 0 saturated carbocycles. The van der Waals surface area contributed by atoms with Gasteiger partial charge in [-0.15, -0.1) is 0 Å². The van der Waals surface area contributed by atoms with Crippen molar-refractivity contribution in [3.8, 4) is 47.3 Å². The zero-order chi connectivity index (χ0) is 33.6. The molecule has 0 unspecified atom stereocenters. The Bertz CT molecular complexity index is 2100. The van der Waals surface area contributed by atoms with Crippen LogP contribution in [0, 0.1) is 45.3 Å². The van der Waals surface area contributed by atoms with Crippen molar-refractivity contribution < 1.29 is 9.47 Å². The average molecular weight is 613 g/mol. The molecule has 0 radical (unpaired) electrons. The van der Waals surface area contributed by atoms with E-state index in [-0.39, 0.29) is 22.8 Å². The lowest BCUT2D eigenvalue weighted by Crippen LogP contribution is -2.22. The third kappa shape index (κ3) is 6.84. The molecular formula is C41H32N4O2. The second-order valence-electron chi connectivity index (χ2n) is 12.3. The SMILES string of the molecule is CC(C)(c1ccc(Oc2ccc(C#N)c(C#N)c2)cc1)c1cccc(C(C)(C)c2ccc(Oc3ccc(C#N)c(CC#N)c3)cc2)c1. The standard InChI is InChI=1S/C41H32N4O2/c1-40(2,32-10-16-36(17-11-32)46-38-14-8-29(25-43)28(22-38)20-21-42)34-6-5-7-35(24-34)41(3,4)33-12-18-37(19-13-33)47-39-15-9-30(26-44)31(23-39)27-45/h5-19,22-24H,20H2,1-4H3. The summed E-state index contributed by atoms with van der Waals surface area (Å²) >= 11 is 0. The molecular weight excluding hydrogens is 580 g/mol. The Labute approximate surface area is 275 Å². The lowest BCUT2D eigenvalue weighted by atomic mass is 9.73. The molecule has 0 aliphatic rings. The van der Waals surface area contributed by atoms with Crippen molar-refractivity contribution in [2.24, 2.45) is 0 Å². The van der Waals surface area contributed by atoms with Crippen LogP contribution in [0.15, 0.2) is 109 Å². The largest absolute Gasteiger partial charge is 0.457 e. The van der Waals surface area contributed by atoms with E-state index >= 15 is 0 Å². The summed E-state index contributed by atoms with van der Waals surface area (Å²) in [6.07, 6.45) is 0.146. The quantitative estimate of drug-likeness (QED) is 0.164. The summed E-state index contributed by atoms with van der Waals surface area (Å²) in [7, 11) is 0. The van der Waals surface area contributed by atoms with Crippen LogP contribution in [0.5, 0.6) is 23.0 Å². The summed E-state index contributed by atoms with van der Waals surface area (Å²) < 4.78 is 12.0. The first-order valence-corrected chi connectivity index (χ1v) is 15.1. The lowest BCUT2D eigenvalue weighted by Gasteiger charge is -2.31. The second-order valence-corrected chi connectivity index (χ2v) is 12.3. The van der Waals surface area contributed by atoms with Gasteiger partial charge in [0.05, 0.1) is 35.2 Å². The Hall–Kier alpha value is -6.34. The molecule has 228 valence electrons. The third-order valence-corrected chi connectivity index (χ3v) is 8.63. The van der Waals surface area contributed by atoms with E-state index < -0.39 is 0 Å². The lowest BCUT2D eigenvalue weighted by molar-refractivity contribution is 0.481. The van der Waals surface area contributed by atoms with Crippen molar-refractivity contribution in [3.05, 3.63) is 154 Å². The smallest absolute Gasteiger partial charge is 0.128 e. The normalized spacial score (nSPS) is 11.0. The Kier molecular flexibility index (Phi) is 9.10. The predicted octanol–water partition coefficient (Wildman–Crippen LogP) is 9.60. The molecule has 0 heterocycles. The molecule has 0 fully saturated rings. The van der Waals surface area contributed by atoms with Gasteiger partial charge in [-0.2, -0.15) is 21.0 Å². The van der Waals surface area contributed by atoms with Crippen molar-refractivity contribution in [3.63, 3.8) is 0 Å². The van der Waals surface area contributed by atoms with Gasteiger partial charge in [0.2, 0.25) is 0 Å². The van der Waals surface area contributed by atoms with Gasteiger partial charge in [0.25, 0.3) is 0 Å². The van der Waals surface area contributed by atoms with E-state index in [1.807, 2.05) is 36.4 Å². The molecule has 0 atom stereocenters. The molecule has 5 rings (SSSR count). The molecule has 0 spiro atoms. The molecule has 0 saturated heterocycles. The summed E-state index contributed by atoms with van der Waals surface area (Å²) in [6, 6.07) is 42.9. The topological polar surface area (TPSA) is 114 Å². The monoisotopic (exact) mass is 612 g/mol. The molecule has 47 heavy (non-hydrogen) atoms. The van der Waals surface area contributed by atoms with Gasteiger partial charge < -0.3 is 9.47 Å². The molecule has 0 aliphatic heterocycles. The molecule has 5 aromatic rings. The molecule has 0 bridgehead atoms. The first-order valence-electron chi connectivity index (χ1n) is 15.1. The molecule has 6 nitrogen and oxygen atoms in total. The fraction of sp³-hybridized carbons (Fsp3) is 0.171. The molecule has 6 heteroatoms. The Morgan fingerprint density at radius 3 is 1.38 bits per heavy atom. The van der Waals surface area contributed by atoms with Crippen LogP contribution < -0.4 is 9.47 Å². The minimum Gasteiger partial charge on any atom is -0.457 e. The second kappa shape index (κ2) is 13.3. The van der Waals surface area contributed by atoms with E-state index in [2.05, 4.69) is 88.4 Å². The van der Waals surface area contributed by atoms with E-state index in [0.717, 1.165) is 11.1 Å².